The first-order chi connectivity index (χ1) is 6.27. The first-order valence-electron chi connectivity index (χ1n) is 4.85. The van der Waals surface area contributed by atoms with E-state index in [-0.39, 0.29) is 17.8 Å². The molecule has 0 aromatic heterocycles. The molecule has 0 aliphatic heterocycles. The summed E-state index contributed by atoms with van der Waals surface area (Å²) in [6, 6.07) is 0. The number of aliphatic hydroxyl groups excluding tert-OH is 1. The zero-order valence-corrected chi connectivity index (χ0v) is 10.0. The topological polar surface area (TPSA) is 66.4 Å². The average Bonchev–Trinajstić information content (AvgIpc) is 1.98. The van der Waals surface area contributed by atoms with E-state index in [0.717, 1.165) is 6.42 Å². The van der Waals surface area contributed by atoms with Crippen molar-refractivity contribution in [2.45, 2.75) is 33.6 Å². The Balaban J connectivity index is 3.78. The van der Waals surface area contributed by atoms with Crippen LogP contribution in [0.4, 0.5) is 0 Å². The molecule has 2 N–H and O–H groups in total. The van der Waals surface area contributed by atoms with Gasteiger partial charge in [0.25, 0.3) is 0 Å². The van der Waals surface area contributed by atoms with Crippen LogP contribution < -0.4 is 4.72 Å². The average molecular weight is 223 g/mol. The monoisotopic (exact) mass is 223 g/mol. The summed E-state index contributed by atoms with van der Waals surface area (Å²) in [6.45, 7) is 6.58. The normalized spacial score (nSPS) is 13.1. The third kappa shape index (κ3) is 8.47. The summed E-state index contributed by atoms with van der Waals surface area (Å²) < 4.78 is 25.0. The lowest BCUT2D eigenvalue weighted by Gasteiger charge is -2.17. The van der Waals surface area contributed by atoms with Crippen molar-refractivity contribution in [2.75, 3.05) is 18.9 Å². The first-order valence-corrected chi connectivity index (χ1v) is 6.50. The van der Waals surface area contributed by atoms with E-state index in [1.165, 1.54) is 0 Å². The smallest absolute Gasteiger partial charge is 0.211 e. The number of rotatable bonds is 6. The highest BCUT2D eigenvalue weighted by Crippen LogP contribution is 2.17. The fraction of sp³-hybridized carbons (Fsp3) is 1.00. The lowest BCUT2D eigenvalue weighted by atomic mass is 9.93. The molecule has 0 aromatic carbocycles. The minimum atomic E-state index is -3.18. The Kier molecular flexibility index (Phi) is 5.63. The molecule has 5 heteroatoms. The quantitative estimate of drug-likeness (QED) is 0.697. The zero-order chi connectivity index (χ0) is 11.2. The van der Waals surface area contributed by atoms with Crippen LogP contribution in [0.25, 0.3) is 0 Å². The molecule has 0 radical (unpaired) electrons. The molecule has 0 aliphatic carbocycles. The summed E-state index contributed by atoms with van der Waals surface area (Å²) >= 11 is 0. The van der Waals surface area contributed by atoms with E-state index in [4.69, 9.17) is 5.11 Å². The van der Waals surface area contributed by atoms with E-state index < -0.39 is 10.0 Å². The molecule has 0 amide bonds. The molecule has 0 bridgehead atoms. The predicted molar refractivity (Wildman–Crippen MR) is 57.6 cm³/mol. The van der Waals surface area contributed by atoms with Crippen LogP contribution in [0.5, 0.6) is 0 Å². The second kappa shape index (κ2) is 5.68. The van der Waals surface area contributed by atoms with Gasteiger partial charge in [0, 0.05) is 13.2 Å². The fourth-order valence-corrected chi connectivity index (χ4v) is 1.97. The van der Waals surface area contributed by atoms with Crippen molar-refractivity contribution < 1.29 is 13.5 Å². The third-order valence-electron chi connectivity index (χ3n) is 1.77. The molecule has 0 fully saturated rings. The van der Waals surface area contributed by atoms with Crippen molar-refractivity contribution in [3.05, 3.63) is 0 Å². The molecular weight excluding hydrogens is 202 g/mol. The van der Waals surface area contributed by atoms with Gasteiger partial charge in [-0.3, -0.25) is 0 Å². The molecule has 0 aromatic rings. The van der Waals surface area contributed by atoms with Crippen LogP contribution in [-0.2, 0) is 10.0 Å². The minimum Gasteiger partial charge on any atom is -0.396 e. The molecule has 0 rings (SSSR count). The Hall–Kier alpha value is -0.130. The van der Waals surface area contributed by atoms with Crippen LogP contribution in [0.3, 0.4) is 0 Å². The Morgan fingerprint density at radius 3 is 2.29 bits per heavy atom. The fourth-order valence-electron chi connectivity index (χ4n) is 0.908. The maximum Gasteiger partial charge on any atom is 0.211 e. The number of nitrogens with one attached hydrogen (secondary N) is 1. The van der Waals surface area contributed by atoms with Gasteiger partial charge in [-0.2, -0.15) is 0 Å². The van der Waals surface area contributed by atoms with Gasteiger partial charge in [-0.25, -0.2) is 13.1 Å². The molecule has 86 valence electrons. The van der Waals surface area contributed by atoms with E-state index in [9.17, 15) is 8.42 Å². The Morgan fingerprint density at radius 2 is 1.86 bits per heavy atom. The van der Waals surface area contributed by atoms with Crippen LogP contribution in [0.15, 0.2) is 0 Å². The van der Waals surface area contributed by atoms with E-state index in [0.29, 0.717) is 13.0 Å². The van der Waals surface area contributed by atoms with Crippen molar-refractivity contribution in [1.82, 2.24) is 4.72 Å². The predicted octanol–water partition coefficient (Wildman–Crippen LogP) is 0.724. The van der Waals surface area contributed by atoms with Gasteiger partial charge in [0.1, 0.15) is 0 Å². The van der Waals surface area contributed by atoms with Crippen molar-refractivity contribution >= 4 is 10.0 Å². The zero-order valence-electron chi connectivity index (χ0n) is 9.21. The van der Waals surface area contributed by atoms with Gasteiger partial charge in [-0.15, -0.1) is 0 Å². The van der Waals surface area contributed by atoms with E-state index in [1.54, 1.807) is 0 Å². The summed E-state index contributed by atoms with van der Waals surface area (Å²) in [5.41, 5.74) is 0.138. The Bertz CT molecular complexity index is 241. The Labute approximate surface area is 86.8 Å². The summed E-state index contributed by atoms with van der Waals surface area (Å²) in [4.78, 5) is 0. The highest BCUT2D eigenvalue weighted by molar-refractivity contribution is 7.89. The highest BCUT2D eigenvalue weighted by Gasteiger charge is 2.13. The van der Waals surface area contributed by atoms with Gasteiger partial charge >= 0.3 is 0 Å². The SMILES string of the molecule is CC(C)(C)CCNS(=O)(=O)CCCO. The lowest BCUT2D eigenvalue weighted by molar-refractivity contribution is 0.295. The van der Waals surface area contributed by atoms with Crippen molar-refractivity contribution in [1.29, 1.82) is 0 Å². The number of sulfonamides is 1. The molecule has 4 nitrogen and oxygen atoms in total. The van der Waals surface area contributed by atoms with Crippen LogP contribution in [-0.4, -0.2) is 32.4 Å². The molecule has 0 spiro atoms. The largest absolute Gasteiger partial charge is 0.396 e. The van der Waals surface area contributed by atoms with Gasteiger partial charge in [0.2, 0.25) is 10.0 Å². The lowest BCUT2D eigenvalue weighted by Crippen LogP contribution is -2.29. The van der Waals surface area contributed by atoms with E-state index >= 15 is 0 Å². The number of hydrogen-bond acceptors (Lipinski definition) is 3. The molecule has 0 heterocycles. The van der Waals surface area contributed by atoms with Gasteiger partial charge in [0.15, 0.2) is 0 Å². The maximum absolute atomic E-state index is 11.3. The molecule has 0 saturated carbocycles. The molecule has 0 unspecified atom stereocenters. The number of aliphatic hydroxyl groups is 1. The third-order valence-corrected chi connectivity index (χ3v) is 3.24. The van der Waals surface area contributed by atoms with Gasteiger partial charge in [-0.05, 0) is 18.3 Å². The van der Waals surface area contributed by atoms with Gasteiger partial charge in [-0.1, -0.05) is 20.8 Å². The van der Waals surface area contributed by atoms with Crippen LogP contribution in [0.1, 0.15) is 33.6 Å². The second-order valence-corrected chi connectivity index (χ2v) is 6.53. The molecule has 14 heavy (non-hydrogen) atoms. The molecule has 0 saturated heterocycles. The van der Waals surface area contributed by atoms with Crippen LogP contribution in [0, 0.1) is 5.41 Å². The second-order valence-electron chi connectivity index (χ2n) is 4.60. The summed E-state index contributed by atoms with van der Waals surface area (Å²) in [7, 11) is -3.18. The summed E-state index contributed by atoms with van der Waals surface area (Å²) in [5, 5.41) is 8.49. The van der Waals surface area contributed by atoms with Crippen molar-refractivity contribution in [2.24, 2.45) is 5.41 Å². The van der Waals surface area contributed by atoms with E-state index in [1.807, 2.05) is 0 Å². The molecule has 0 aliphatic rings. The van der Waals surface area contributed by atoms with E-state index in [2.05, 4.69) is 25.5 Å². The van der Waals surface area contributed by atoms with Crippen molar-refractivity contribution in [3.8, 4) is 0 Å². The summed E-state index contributed by atoms with van der Waals surface area (Å²) in [6.07, 6.45) is 1.11. The molecule has 0 atom stereocenters. The highest BCUT2D eigenvalue weighted by atomic mass is 32.2. The number of hydrogen-bond donors (Lipinski definition) is 2. The molecular formula is C9H21NO3S. The van der Waals surface area contributed by atoms with Crippen molar-refractivity contribution in [3.63, 3.8) is 0 Å². The van der Waals surface area contributed by atoms with Gasteiger partial charge in [0.05, 0.1) is 5.75 Å². The van der Waals surface area contributed by atoms with Gasteiger partial charge < -0.3 is 5.11 Å². The summed E-state index contributed by atoms with van der Waals surface area (Å²) in [5.74, 6) is 0.00758. The minimum absolute atomic E-state index is 0.00758. The van der Waals surface area contributed by atoms with Crippen LogP contribution >= 0.6 is 0 Å². The Morgan fingerprint density at radius 1 is 1.29 bits per heavy atom. The standard InChI is InChI=1S/C9H21NO3S/c1-9(2,3)5-6-10-14(12,13)8-4-7-11/h10-11H,4-8H2,1-3H3. The first kappa shape index (κ1) is 13.9. The van der Waals surface area contributed by atoms with Crippen LogP contribution in [0.2, 0.25) is 0 Å². The maximum atomic E-state index is 11.3.